The molecule has 2 aliphatic heterocycles. The normalized spacial score (nSPS) is 18.6. The highest BCUT2D eigenvalue weighted by molar-refractivity contribution is 5.92. The molecule has 186 valence electrons. The van der Waals surface area contributed by atoms with Gasteiger partial charge < -0.3 is 19.1 Å². The van der Waals surface area contributed by atoms with Crippen LogP contribution in [0.2, 0.25) is 0 Å². The molecule has 4 aromatic rings. The standard InChI is InChI=1S/C27H30N6O3/c1-2-7-20(8-3-1)18-35-19-24-28-26(30-27(29-24)32-12-15-34-16-13-32)21-9-6-10-23-22(21)17-33(31-23)25-11-4-5-14-36-25/h1-3,6-10,17,25H,4-5,11-16,18-19H2. The van der Waals surface area contributed by atoms with Crippen LogP contribution in [0.5, 0.6) is 0 Å². The number of fused-ring (bicyclic) bond motifs is 1. The van der Waals surface area contributed by atoms with E-state index in [1.165, 1.54) is 0 Å². The van der Waals surface area contributed by atoms with Crippen LogP contribution in [0.15, 0.2) is 54.7 Å². The van der Waals surface area contributed by atoms with Crippen molar-refractivity contribution >= 4 is 16.9 Å². The van der Waals surface area contributed by atoms with Crippen LogP contribution in [0.4, 0.5) is 5.95 Å². The zero-order valence-corrected chi connectivity index (χ0v) is 20.3. The Labute approximate surface area is 210 Å². The van der Waals surface area contributed by atoms with Crippen LogP contribution in [-0.2, 0) is 27.4 Å². The van der Waals surface area contributed by atoms with Crippen molar-refractivity contribution in [2.45, 2.75) is 38.7 Å². The summed E-state index contributed by atoms with van der Waals surface area (Å²) in [6.45, 7) is 4.38. The molecule has 0 N–H and O–H groups in total. The fourth-order valence-corrected chi connectivity index (χ4v) is 4.67. The molecule has 0 radical (unpaired) electrons. The number of aromatic nitrogens is 5. The lowest BCUT2D eigenvalue weighted by Gasteiger charge is -2.27. The molecule has 0 spiro atoms. The van der Waals surface area contributed by atoms with E-state index in [0.717, 1.165) is 61.0 Å². The van der Waals surface area contributed by atoms with Gasteiger partial charge in [0, 0.05) is 36.8 Å². The van der Waals surface area contributed by atoms with E-state index in [1.54, 1.807) is 0 Å². The topological polar surface area (TPSA) is 87.4 Å². The lowest BCUT2D eigenvalue weighted by molar-refractivity contribution is -0.0390. The van der Waals surface area contributed by atoms with Gasteiger partial charge in [-0.25, -0.2) is 9.67 Å². The van der Waals surface area contributed by atoms with Crippen molar-refractivity contribution in [3.05, 3.63) is 66.1 Å². The Morgan fingerprint density at radius 1 is 0.889 bits per heavy atom. The van der Waals surface area contributed by atoms with Crippen molar-refractivity contribution in [1.29, 1.82) is 0 Å². The van der Waals surface area contributed by atoms with Gasteiger partial charge >= 0.3 is 0 Å². The van der Waals surface area contributed by atoms with E-state index < -0.39 is 0 Å². The summed E-state index contributed by atoms with van der Waals surface area (Å²) >= 11 is 0. The minimum absolute atomic E-state index is 0.0248. The first-order valence-electron chi connectivity index (χ1n) is 12.6. The molecule has 1 atom stereocenters. The maximum atomic E-state index is 5.98. The van der Waals surface area contributed by atoms with E-state index in [-0.39, 0.29) is 6.23 Å². The summed E-state index contributed by atoms with van der Waals surface area (Å²) in [5.74, 6) is 1.89. The monoisotopic (exact) mass is 486 g/mol. The summed E-state index contributed by atoms with van der Waals surface area (Å²) in [4.78, 5) is 16.6. The molecule has 1 unspecified atom stereocenters. The molecule has 0 aliphatic carbocycles. The van der Waals surface area contributed by atoms with Crippen molar-refractivity contribution in [1.82, 2.24) is 24.7 Å². The molecule has 0 amide bonds. The van der Waals surface area contributed by atoms with E-state index >= 15 is 0 Å². The van der Waals surface area contributed by atoms with Crippen molar-refractivity contribution < 1.29 is 14.2 Å². The van der Waals surface area contributed by atoms with Crippen molar-refractivity contribution in [3.63, 3.8) is 0 Å². The Morgan fingerprint density at radius 2 is 1.78 bits per heavy atom. The van der Waals surface area contributed by atoms with Gasteiger partial charge in [-0.3, -0.25) is 0 Å². The first-order valence-corrected chi connectivity index (χ1v) is 12.6. The number of nitrogens with zero attached hydrogens (tertiary/aromatic N) is 6. The van der Waals surface area contributed by atoms with Gasteiger partial charge in [0.1, 0.15) is 12.8 Å². The predicted molar refractivity (Wildman–Crippen MR) is 135 cm³/mol. The molecule has 0 saturated carbocycles. The molecular formula is C27H30N6O3. The molecule has 2 aromatic heterocycles. The van der Waals surface area contributed by atoms with Crippen LogP contribution >= 0.6 is 0 Å². The number of morpholine rings is 1. The van der Waals surface area contributed by atoms with Gasteiger partial charge in [0.05, 0.1) is 25.3 Å². The average molecular weight is 487 g/mol. The van der Waals surface area contributed by atoms with Gasteiger partial charge in [0.15, 0.2) is 11.6 Å². The third-order valence-electron chi connectivity index (χ3n) is 6.57. The average Bonchev–Trinajstić information content (AvgIpc) is 3.39. The smallest absolute Gasteiger partial charge is 0.229 e. The van der Waals surface area contributed by atoms with Crippen LogP contribution in [0, 0.1) is 0 Å². The second-order valence-corrected chi connectivity index (χ2v) is 9.12. The van der Waals surface area contributed by atoms with E-state index in [0.29, 0.717) is 44.0 Å². The molecular weight excluding hydrogens is 456 g/mol. The van der Waals surface area contributed by atoms with E-state index in [4.69, 9.17) is 34.3 Å². The number of hydrogen-bond acceptors (Lipinski definition) is 8. The lowest BCUT2D eigenvalue weighted by atomic mass is 10.1. The Balaban J connectivity index is 1.33. The van der Waals surface area contributed by atoms with Crippen molar-refractivity contribution in [2.24, 2.45) is 0 Å². The highest BCUT2D eigenvalue weighted by atomic mass is 16.5. The molecule has 4 heterocycles. The lowest BCUT2D eigenvalue weighted by Crippen LogP contribution is -2.37. The Bertz CT molecular complexity index is 1300. The quantitative estimate of drug-likeness (QED) is 0.385. The molecule has 2 saturated heterocycles. The zero-order chi connectivity index (χ0) is 24.2. The summed E-state index contributed by atoms with van der Waals surface area (Å²) in [6.07, 6.45) is 5.26. The number of anilines is 1. The summed E-state index contributed by atoms with van der Waals surface area (Å²) in [5.41, 5.74) is 2.94. The van der Waals surface area contributed by atoms with Gasteiger partial charge in [-0.1, -0.05) is 42.5 Å². The van der Waals surface area contributed by atoms with Crippen molar-refractivity contribution in [2.75, 3.05) is 37.8 Å². The molecule has 2 aliphatic rings. The van der Waals surface area contributed by atoms with Crippen LogP contribution < -0.4 is 4.90 Å². The second kappa shape index (κ2) is 10.7. The molecule has 2 fully saturated rings. The molecule has 9 nitrogen and oxygen atoms in total. The predicted octanol–water partition coefficient (Wildman–Crippen LogP) is 4.14. The third-order valence-corrected chi connectivity index (χ3v) is 6.57. The van der Waals surface area contributed by atoms with Gasteiger partial charge in [0.2, 0.25) is 5.95 Å². The van der Waals surface area contributed by atoms with Crippen LogP contribution in [0.25, 0.3) is 22.3 Å². The Hall–Kier alpha value is -3.40. The van der Waals surface area contributed by atoms with Gasteiger partial charge in [0.25, 0.3) is 0 Å². The summed E-state index contributed by atoms with van der Waals surface area (Å²) < 4.78 is 19.4. The highest BCUT2D eigenvalue weighted by Gasteiger charge is 2.21. The van der Waals surface area contributed by atoms with Crippen LogP contribution in [0.1, 0.15) is 36.9 Å². The maximum absolute atomic E-state index is 5.98. The maximum Gasteiger partial charge on any atom is 0.229 e. The summed E-state index contributed by atoms with van der Waals surface area (Å²) in [7, 11) is 0. The van der Waals surface area contributed by atoms with Gasteiger partial charge in [-0.05, 0) is 30.9 Å². The first kappa shape index (κ1) is 23.0. The number of hydrogen-bond donors (Lipinski definition) is 0. The second-order valence-electron chi connectivity index (χ2n) is 9.12. The minimum atomic E-state index is -0.0248. The first-order chi connectivity index (χ1) is 17.8. The van der Waals surface area contributed by atoms with Crippen LogP contribution in [0.3, 0.4) is 0 Å². The van der Waals surface area contributed by atoms with Crippen LogP contribution in [-0.4, -0.2) is 57.6 Å². The Morgan fingerprint density at radius 3 is 2.61 bits per heavy atom. The minimum Gasteiger partial charge on any atom is -0.378 e. The number of benzene rings is 2. The van der Waals surface area contributed by atoms with Gasteiger partial charge in [-0.15, -0.1) is 0 Å². The fourth-order valence-electron chi connectivity index (χ4n) is 4.67. The molecule has 6 rings (SSSR count). The Kier molecular flexibility index (Phi) is 6.84. The van der Waals surface area contributed by atoms with E-state index in [1.807, 2.05) is 53.2 Å². The molecule has 2 aromatic carbocycles. The third kappa shape index (κ3) is 5.09. The number of rotatable bonds is 7. The largest absolute Gasteiger partial charge is 0.378 e. The van der Waals surface area contributed by atoms with E-state index in [2.05, 4.69) is 11.1 Å². The van der Waals surface area contributed by atoms with Crippen molar-refractivity contribution in [3.8, 4) is 11.4 Å². The van der Waals surface area contributed by atoms with Gasteiger partial charge in [-0.2, -0.15) is 15.1 Å². The number of ether oxygens (including phenoxy) is 3. The molecule has 9 heteroatoms. The highest BCUT2D eigenvalue weighted by Crippen LogP contribution is 2.30. The summed E-state index contributed by atoms with van der Waals surface area (Å²) in [6, 6.07) is 16.2. The summed E-state index contributed by atoms with van der Waals surface area (Å²) in [5, 5.41) is 5.81. The SMILES string of the molecule is c1ccc(COCc2nc(-c3cccc4nn(C5CCCCO5)cc34)nc(N3CCOCC3)n2)cc1. The fraction of sp³-hybridized carbons (Fsp3) is 0.407. The molecule has 36 heavy (non-hydrogen) atoms. The van der Waals surface area contributed by atoms with E-state index in [9.17, 15) is 0 Å². The zero-order valence-electron chi connectivity index (χ0n) is 20.3. The molecule has 0 bridgehead atoms.